The molecule has 1 atom stereocenters. The topological polar surface area (TPSA) is 140 Å². The predicted molar refractivity (Wildman–Crippen MR) is 84.3 cm³/mol. The second-order valence-electron chi connectivity index (χ2n) is 4.34. The number of hydrogen-bond acceptors (Lipinski definition) is 8. The van der Waals surface area contributed by atoms with Gasteiger partial charge >= 0.3 is 4.33 Å². The van der Waals surface area contributed by atoms with Gasteiger partial charge in [-0.1, -0.05) is 0 Å². The SMILES string of the molecule is COc1ccc(N(C(C)=O)C2(S(N)(=O)=O)NN=C(N)S2)cc1. The molecule has 0 aromatic heterocycles. The summed E-state index contributed by atoms with van der Waals surface area (Å²) in [6, 6.07) is 6.24. The highest BCUT2D eigenvalue weighted by Crippen LogP contribution is 2.38. The largest absolute Gasteiger partial charge is 0.497 e. The lowest BCUT2D eigenvalue weighted by Gasteiger charge is -2.36. The molecule has 0 spiro atoms. The Morgan fingerprint density at radius 2 is 2.00 bits per heavy atom. The summed E-state index contributed by atoms with van der Waals surface area (Å²) in [5.41, 5.74) is 8.19. The maximum atomic E-state index is 12.1. The molecule has 0 saturated heterocycles. The number of anilines is 1. The van der Waals surface area contributed by atoms with Crippen LogP contribution in [0.5, 0.6) is 5.75 Å². The normalized spacial score (nSPS) is 21.0. The Morgan fingerprint density at radius 1 is 1.41 bits per heavy atom. The van der Waals surface area contributed by atoms with E-state index < -0.39 is 20.3 Å². The number of primary sulfonamides is 1. The molecule has 1 aromatic carbocycles. The lowest BCUT2D eigenvalue weighted by molar-refractivity contribution is -0.117. The third-order valence-electron chi connectivity index (χ3n) is 2.88. The molecule has 11 heteroatoms. The molecular weight excluding hydrogens is 330 g/mol. The van der Waals surface area contributed by atoms with Crippen LogP contribution in [0, 0.1) is 0 Å². The van der Waals surface area contributed by atoms with Gasteiger partial charge in [0.25, 0.3) is 10.0 Å². The molecule has 1 heterocycles. The van der Waals surface area contributed by atoms with Crippen LogP contribution in [0.2, 0.25) is 0 Å². The van der Waals surface area contributed by atoms with Gasteiger partial charge in [-0.2, -0.15) is 5.10 Å². The molecule has 0 bridgehead atoms. The molecule has 9 nitrogen and oxygen atoms in total. The number of hydrazone groups is 1. The Kier molecular flexibility index (Phi) is 4.22. The Hall–Kier alpha value is -1.98. The molecule has 1 aromatic rings. The Labute approximate surface area is 131 Å². The van der Waals surface area contributed by atoms with Crippen molar-refractivity contribution in [2.75, 3.05) is 12.0 Å². The van der Waals surface area contributed by atoms with E-state index in [9.17, 15) is 13.2 Å². The van der Waals surface area contributed by atoms with Crippen LogP contribution < -0.4 is 25.9 Å². The van der Waals surface area contributed by atoms with E-state index in [4.69, 9.17) is 15.6 Å². The van der Waals surface area contributed by atoms with Gasteiger partial charge in [0.2, 0.25) is 5.91 Å². The van der Waals surface area contributed by atoms with Gasteiger partial charge in [0.15, 0.2) is 5.17 Å². The number of benzene rings is 1. The predicted octanol–water partition coefficient (Wildman–Crippen LogP) is -0.486. The second-order valence-corrected chi connectivity index (χ2v) is 7.50. The van der Waals surface area contributed by atoms with Gasteiger partial charge in [0, 0.05) is 12.6 Å². The molecule has 1 aliphatic rings. The lowest BCUT2D eigenvalue weighted by Crippen LogP contribution is -2.62. The number of thioether (sulfide) groups is 1. The molecule has 0 saturated carbocycles. The molecule has 1 amide bonds. The maximum absolute atomic E-state index is 12.1. The third kappa shape index (κ3) is 2.69. The van der Waals surface area contributed by atoms with Crippen LogP contribution in [0.1, 0.15) is 6.92 Å². The summed E-state index contributed by atoms with van der Waals surface area (Å²) in [5, 5.41) is 8.91. The Bertz CT molecular complexity index is 719. The van der Waals surface area contributed by atoms with Crippen molar-refractivity contribution < 1.29 is 17.9 Å². The van der Waals surface area contributed by atoms with Crippen LogP contribution in [0.3, 0.4) is 0 Å². The molecule has 22 heavy (non-hydrogen) atoms. The number of nitrogens with one attached hydrogen (secondary N) is 1. The van der Waals surface area contributed by atoms with E-state index in [-0.39, 0.29) is 5.17 Å². The molecular formula is C11H15N5O4S2. The van der Waals surface area contributed by atoms with Crippen molar-refractivity contribution >= 4 is 38.5 Å². The van der Waals surface area contributed by atoms with E-state index in [0.29, 0.717) is 23.2 Å². The molecule has 0 radical (unpaired) electrons. The first kappa shape index (κ1) is 16.4. The fourth-order valence-electron chi connectivity index (χ4n) is 1.95. The minimum absolute atomic E-state index is 0.0474. The van der Waals surface area contributed by atoms with Gasteiger partial charge in [0.05, 0.1) is 7.11 Å². The Balaban J connectivity index is 2.56. The summed E-state index contributed by atoms with van der Waals surface area (Å²) in [6.07, 6.45) is 0. The molecule has 120 valence electrons. The fourth-order valence-corrected chi connectivity index (χ4v) is 4.12. The zero-order valence-corrected chi connectivity index (χ0v) is 13.4. The van der Waals surface area contributed by atoms with E-state index in [1.54, 1.807) is 12.1 Å². The molecule has 0 aliphatic carbocycles. The van der Waals surface area contributed by atoms with Gasteiger partial charge in [-0.05, 0) is 36.0 Å². The molecule has 1 aliphatic heterocycles. The minimum atomic E-state index is -4.27. The minimum Gasteiger partial charge on any atom is -0.497 e. The van der Waals surface area contributed by atoms with E-state index in [0.717, 1.165) is 4.90 Å². The number of carbonyl (C=O) groups excluding carboxylic acids is 1. The number of rotatable bonds is 4. The number of amidine groups is 1. The number of nitrogens with two attached hydrogens (primary N) is 2. The average molecular weight is 345 g/mol. The quantitative estimate of drug-likeness (QED) is 0.669. The number of hydrogen-bond donors (Lipinski definition) is 3. The first-order chi connectivity index (χ1) is 10.2. The van der Waals surface area contributed by atoms with Gasteiger partial charge in [-0.15, -0.1) is 0 Å². The van der Waals surface area contributed by atoms with Gasteiger partial charge in [0.1, 0.15) is 5.75 Å². The van der Waals surface area contributed by atoms with Crippen LogP contribution in [0.4, 0.5) is 5.69 Å². The van der Waals surface area contributed by atoms with Gasteiger partial charge in [-0.25, -0.2) is 13.6 Å². The number of sulfonamides is 1. The van der Waals surface area contributed by atoms with E-state index in [2.05, 4.69) is 10.5 Å². The van der Waals surface area contributed by atoms with Crippen LogP contribution in [-0.4, -0.2) is 30.9 Å². The molecule has 0 fully saturated rings. The standard InChI is InChI=1S/C11H15N5O4S2/c1-7(17)16(8-3-5-9(20-2)6-4-8)11(22(13,18)19)15-14-10(12)21-11/h3-6,15H,1-2H3,(H2,12,14)(H2,13,18,19). The van der Waals surface area contributed by atoms with Crippen molar-refractivity contribution in [3.63, 3.8) is 0 Å². The van der Waals surface area contributed by atoms with E-state index >= 15 is 0 Å². The lowest BCUT2D eigenvalue weighted by atomic mass is 10.3. The fraction of sp³-hybridized carbons (Fsp3) is 0.273. The molecule has 2 rings (SSSR count). The molecule has 5 N–H and O–H groups in total. The van der Waals surface area contributed by atoms with Crippen LogP contribution in [-0.2, 0) is 14.8 Å². The number of methoxy groups -OCH3 is 1. The first-order valence-corrected chi connectivity index (χ1v) is 8.34. The summed E-state index contributed by atoms with van der Waals surface area (Å²) in [6.45, 7) is 1.22. The van der Waals surface area contributed by atoms with Crippen LogP contribution in [0.25, 0.3) is 0 Å². The van der Waals surface area contributed by atoms with Crippen LogP contribution >= 0.6 is 11.8 Å². The zero-order chi connectivity index (χ0) is 16.5. The zero-order valence-electron chi connectivity index (χ0n) is 11.8. The highest BCUT2D eigenvalue weighted by molar-refractivity contribution is 8.23. The summed E-state index contributed by atoms with van der Waals surface area (Å²) in [7, 11) is -2.78. The van der Waals surface area contributed by atoms with Gasteiger partial charge in [-0.3, -0.25) is 15.1 Å². The van der Waals surface area contributed by atoms with Crippen LogP contribution in [0.15, 0.2) is 29.4 Å². The van der Waals surface area contributed by atoms with E-state index in [1.807, 2.05) is 0 Å². The van der Waals surface area contributed by atoms with Crippen molar-refractivity contribution in [3.8, 4) is 5.75 Å². The van der Waals surface area contributed by atoms with Crippen molar-refractivity contribution in [3.05, 3.63) is 24.3 Å². The number of nitrogens with zero attached hydrogens (tertiary/aromatic N) is 2. The highest BCUT2D eigenvalue weighted by Gasteiger charge is 2.54. The third-order valence-corrected chi connectivity index (χ3v) is 5.72. The number of carbonyl (C=O) groups is 1. The monoisotopic (exact) mass is 345 g/mol. The van der Waals surface area contributed by atoms with E-state index in [1.165, 1.54) is 26.2 Å². The Morgan fingerprint density at radius 3 is 2.36 bits per heavy atom. The van der Waals surface area contributed by atoms with Crippen molar-refractivity contribution in [1.82, 2.24) is 5.43 Å². The number of amides is 1. The number of ether oxygens (including phenoxy) is 1. The smallest absolute Gasteiger partial charge is 0.306 e. The maximum Gasteiger partial charge on any atom is 0.306 e. The second kappa shape index (κ2) is 5.66. The summed E-state index contributed by atoms with van der Waals surface area (Å²) < 4.78 is 27.2. The van der Waals surface area contributed by atoms with Gasteiger partial charge < -0.3 is 10.5 Å². The summed E-state index contributed by atoms with van der Waals surface area (Å²) in [5.74, 6) is 0.00352. The summed E-state index contributed by atoms with van der Waals surface area (Å²) in [4.78, 5) is 13.1. The molecule has 1 unspecified atom stereocenters. The average Bonchev–Trinajstić information content (AvgIpc) is 2.82. The first-order valence-electron chi connectivity index (χ1n) is 5.98. The highest BCUT2D eigenvalue weighted by atomic mass is 32.3. The van der Waals surface area contributed by atoms with Crippen molar-refractivity contribution in [1.29, 1.82) is 0 Å². The summed E-state index contributed by atoms with van der Waals surface area (Å²) >= 11 is 0.639. The van der Waals surface area contributed by atoms with Crippen molar-refractivity contribution in [2.45, 2.75) is 11.3 Å². The van der Waals surface area contributed by atoms with Crippen molar-refractivity contribution in [2.24, 2.45) is 16.0 Å².